The molecule has 0 aliphatic carbocycles. The van der Waals surface area contributed by atoms with Gasteiger partial charge in [-0.25, -0.2) is 0 Å². The molecule has 0 aliphatic heterocycles. The molecule has 0 amide bonds. The Hall–Kier alpha value is -3.26. The third-order valence-corrected chi connectivity index (χ3v) is 3.42. The molecule has 0 saturated heterocycles. The third kappa shape index (κ3) is 1.74. The van der Waals surface area contributed by atoms with Gasteiger partial charge in [0.15, 0.2) is 11.5 Å². The summed E-state index contributed by atoms with van der Waals surface area (Å²) in [6.07, 6.45) is 3.49. The fraction of sp³-hybridized carbons (Fsp3) is 0. The summed E-state index contributed by atoms with van der Waals surface area (Å²) in [6, 6.07) is 15.6. The van der Waals surface area contributed by atoms with E-state index in [-0.39, 0.29) is 0 Å². The molecule has 0 bridgehead atoms. The average molecular weight is 271 g/mol. The number of fused-ring (bicyclic) bond motifs is 2. The van der Waals surface area contributed by atoms with Gasteiger partial charge in [0, 0.05) is 17.8 Å². The second-order valence-electron chi connectivity index (χ2n) is 4.66. The molecule has 0 N–H and O–H groups in total. The Bertz CT molecular complexity index is 1000. The number of hydrogen-bond donors (Lipinski definition) is 0. The van der Waals surface area contributed by atoms with Crippen molar-refractivity contribution in [1.29, 1.82) is 5.26 Å². The van der Waals surface area contributed by atoms with E-state index in [1.807, 2.05) is 30.3 Å². The summed E-state index contributed by atoms with van der Waals surface area (Å²) in [6.45, 7) is 0. The Morgan fingerprint density at radius 1 is 1.00 bits per heavy atom. The highest BCUT2D eigenvalue weighted by atomic mass is 15.2. The van der Waals surface area contributed by atoms with Gasteiger partial charge in [-0.05, 0) is 23.6 Å². The van der Waals surface area contributed by atoms with Crippen LogP contribution in [0.3, 0.4) is 0 Å². The first-order valence-electron chi connectivity index (χ1n) is 6.46. The highest BCUT2D eigenvalue weighted by molar-refractivity contribution is 5.93. The summed E-state index contributed by atoms with van der Waals surface area (Å²) in [5.74, 6) is 0.638. The molecule has 98 valence electrons. The summed E-state index contributed by atoms with van der Waals surface area (Å²) in [5.41, 5.74) is 2.01. The minimum Gasteiger partial charge on any atom is -0.280 e. The van der Waals surface area contributed by atoms with Crippen molar-refractivity contribution in [3.05, 3.63) is 60.4 Å². The lowest BCUT2D eigenvalue weighted by atomic mass is 10.1. The van der Waals surface area contributed by atoms with Crippen molar-refractivity contribution < 1.29 is 0 Å². The zero-order valence-corrected chi connectivity index (χ0v) is 10.9. The molecule has 0 atom stereocenters. The van der Waals surface area contributed by atoms with E-state index < -0.39 is 0 Å². The largest absolute Gasteiger partial charge is 0.280 e. The fourth-order valence-corrected chi connectivity index (χ4v) is 2.42. The Morgan fingerprint density at radius 2 is 1.90 bits per heavy atom. The van der Waals surface area contributed by atoms with Crippen molar-refractivity contribution in [1.82, 2.24) is 19.6 Å². The van der Waals surface area contributed by atoms with Crippen LogP contribution >= 0.6 is 0 Å². The molecule has 5 nitrogen and oxygen atoms in total. The van der Waals surface area contributed by atoms with Gasteiger partial charge in [-0.2, -0.15) is 5.26 Å². The van der Waals surface area contributed by atoms with Crippen molar-refractivity contribution in [2.75, 3.05) is 0 Å². The highest BCUT2D eigenvalue weighted by Crippen LogP contribution is 2.25. The molecule has 0 spiro atoms. The van der Waals surface area contributed by atoms with Crippen LogP contribution in [0.5, 0.6) is 0 Å². The Morgan fingerprint density at radius 3 is 2.81 bits per heavy atom. The van der Waals surface area contributed by atoms with Gasteiger partial charge in [0.2, 0.25) is 0 Å². The quantitative estimate of drug-likeness (QED) is 0.534. The maximum absolute atomic E-state index is 9.05. The Kier molecular flexibility index (Phi) is 2.42. The van der Waals surface area contributed by atoms with Crippen molar-refractivity contribution in [2.45, 2.75) is 0 Å². The topological polar surface area (TPSA) is 66.9 Å². The second-order valence-corrected chi connectivity index (χ2v) is 4.66. The van der Waals surface area contributed by atoms with Gasteiger partial charge < -0.3 is 0 Å². The molecule has 0 saturated carbocycles. The van der Waals surface area contributed by atoms with Gasteiger partial charge in [0.1, 0.15) is 11.8 Å². The highest BCUT2D eigenvalue weighted by Gasteiger charge is 2.12. The number of nitrogens with zero attached hydrogens (tertiary/aromatic N) is 5. The summed E-state index contributed by atoms with van der Waals surface area (Å²) in [7, 11) is 0. The van der Waals surface area contributed by atoms with Gasteiger partial charge in [0.25, 0.3) is 0 Å². The maximum Gasteiger partial charge on any atom is 0.187 e. The van der Waals surface area contributed by atoms with Crippen LogP contribution in [0, 0.1) is 11.3 Å². The van der Waals surface area contributed by atoms with Crippen LogP contribution in [0.2, 0.25) is 0 Å². The predicted octanol–water partition coefficient (Wildman–Crippen LogP) is 2.82. The number of hydrogen-bond acceptors (Lipinski definition) is 4. The zero-order chi connectivity index (χ0) is 14.2. The van der Waals surface area contributed by atoms with Crippen molar-refractivity contribution in [3.63, 3.8) is 0 Å². The van der Waals surface area contributed by atoms with Crippen LogP contribution in [0.4, 0.5) is 0 Å². The van der Waals surface area contributed by atoms with E-state index in [4.69, 9.17) is 5.26 Å². The van der Waals surface area contributed by atoms with E-state index in [9.17, 15) is 0 Å². The normalized spacial score (nSPS) is 10.8. The first kappa shape index (κ1) is 11.6. The monoisotopic (exact) mass is 271 g/mol. The summed E-state index contributed by atoms with van der Waals surface area (Å²) >= 11 is 0. The summed E-state index contributed by atoms with van der Waals surface area (Å²) in [5, 5.41) is 19.5. The average Bonchev–Trinajstić information content (AvgIpc) is 2.97. The number of rotatable bonds is 1. The first-order valence-corrected chi connectivity index (χ1v) is 6.46. The first-order chi connectivity index (χ1) is 10.4. The van der Waals surface area contributed by atoms with Crippen LogP contribution < -0.4 is 0 Å². The third-order valence-electron chi connectivity index (χ3n) is 3.42. The van der Waals surface area contributed by atoms with Crippen LogP contribution in [-0.4, -0.2) is 19.6 Å². The van der Waals surface area contributed by atoms with E-state index in [2.05, 4.69) is 21.3 Å². The molecule has 1 aromatic carbocycles. The number of aromatic nitrogens is 4. The van der Waals surface area contributed by atoms with Crippen LogP contribution in [0.15, 0.2) is 54.9 Å². The molecule has 0 unspecified atom stereocenters. The molecule has 4 aromatic rings. The summed E-state index contributed by atoms with van der Waals surface area (Å²) < 4.78 is 1.80. The molecule has 0 aliphatic rings. The van der Waals surface area contributed by atoms with E-state index in [0.29, 0.717) is 17.0 Å². The zero-order valence-electron chi connectivity index (χ0n) is 10.9. The molecule has 0 radical (unpaired) electrons. The molecule has 3 heterocycles. The van der Waals surface area contributed by atoms with Crippen LogP contribution in [0.25, 0.3) is 27.9 Å². The molecular formula is C16H9N5. The lowest BCUT2D eigenvalue weighted by Crippen LogP contribution is -1.94. The second kappa shape index (κ2) is 4.39. The van der Waals surface area contributed by atoms with E-state index in [1.54, 1.807) is 28.9 Å². The fourth-order valence-electron chi connectivity index (χ4n) is 2.42. The SMILES string of the molecule is N#Cc1ccc2nnc(-c3nccc4ccccc34)n2c1. The molecule has 5 heteroatoms. The van der Waals surface area contributed by atoms with E-state index >= 15 is 0 Å². The lowest BCUT2D eigenvalue weighted by Gasteiger charge is -2.04. The van der Waals surface area contributed by atoms with Gasteiger partial charge in [-0.1, -0.05) is 24.3 Å². The molecule has 3 aromatic heterocycles. The van der Waals surface area contributed by atoms with Crippen LogP contribution in [0.1, 0.15) is 5.56 Å². The van der Waals surface area contributed by atoms with Gasteiger partial charge in [-0.3, -0.25) is 9.38 Å². The van der Waals surface area contributed by atoms with Crippen molar-refractivity contribution >= 4 is 16.4 Å². The lowest BCUT2D eigenvalue weighted by molar-refractivity contribution is 1.09. The Labute approximate surface area is 120 Å². The van der Waals surface area contributed by atoms with Gasteiger partial charge in [0.05, 0.1) is 5.56 Å². The minimum atomic E-state index is 0.559. The maximum atomic E-state index is 9.05. The van der Waals surface area contributed by atoms with E-state index in [0.717, 1.165) is 16.5 Å². The van der Waals surface area contributed by atoms with Crippen LogP contribution in [-0.2, 0) is 0 Å². The number of nitriles is 1. The molecular weight excluding hydrogens is 262 g/mol. The molecule has 4 rings (SSSR count). The van der Waals surface area contributed by atoms with Gasteiger partial charge >= 0.3 is 0 Å². The number of pyridine rings is 2. The summed E-state index contributed by atoms with van der Waals surface area (Å²) in [4.78, 5) is 4.45. The smallest absolute Gasteiger partial charge is 0.187 e. The molecule has 0 fully saturated rings. The van der Waals surface area contributed by atoms with Gasteiger partial charge in [-0.15, -0.1) is 10.2 Å². The molecule has 21 heavy (non-hydrogen) atoms. The van der Waals surface area contributed by atoms with Crippen molar-refractivity contribution in [2.24, 2.45) is 0 Å². The number of benzene rings is 1. The van der Waals surface area contributed by atoms with E-state index in [1.165, 1.54) is 0 Å². The van der Waals surface area contributed by atoms with Crippen molar-refractivity contribution in [3.8, 4) is 17.6 Å². The standard InChI is InChI=1S/C16H9N5/c17-9-11-5-6-14-19-20-16(21(14)10-11)15-13-4-2-1-3-12(13)7-8-18-15/h1-8,10H. The minimum absolute atomic E-state index is 0.559. The predicted molar refractivity (Wildman–Crippen MR) is 78.4 cm³/mol. The Balaban J connectivity index is 2.07.